The maximum atomic E-state index is 14.6. The van der Waals surface area contributed by atoms with Crippen LogP contribution < -0.4 is 0 Å². The molecule has 388 valence electrons. The van der Waals surface area contributed by atoms with Crippen molar-refractivity contribution in [1.82, 2.24) is 19.9 Å². The minimum absolute atomic E-state index is 0.0409. The van der Waals surface area contributed by atoms with Crippen molar-refractivity contribution in [2.24, 2.45) is 34.6 Å². The first kappa shape index (κ1) is 56.3. The van der Waals surface area contributed by atoms with Crippen LogP contribution in [-0.2, 0) is 56.0 Å². The molecule has 5 rings (SSSR count). The lowest BCUT2D eigenvalue weighted by Crippen LogP contribution is -2.60. The number of ketones is 1. The van der Waals surface area contributed by atoms with Crippen LogP contribution in [0.25, 0.3) is 0 Å². The second-order valence-corrected chi connectivity index (χ2v) is 22.6. The number of carbonyl (C=O) groups excluding carboxylic acids is 3. The van der Waals surface area contributed by atoms with E-state index in [2.05, 4.69) is 15.3 Å². The van der Waals surface area contributed by atoms with Crippen LogP contribution in [0, 0.1) is 29.6 Å². The number of alkyl halides is 1. The zero-order valence-electron chi connectivity index (χ0n) is 42.1. The fraction of sp³-hybridized carbons (Fsp3) is 0.755. The molecule has 0 radical (unpaired) electrons. The van der Waals surface area contributed by atoms with E-state index >= 15 is 0 Å². The van der Waals surface area contributed by atoms with Crippen molar-refractivity contribution >= 4 is 33.2 Å². The number of rotatable bonds is 13. The number of aromatic nitrogens is 3. The first-order valence-electron chi connectivity index (χ1n) is 24.2. The van der Waals surface area contributed by atoms with Crippen LogP contribution in [0.2, 0.25) is 0 Å². The zero-order chi connectivity index (χ0) is 51.4. The minimum atomic E-state index is -3.38. The van der Waals surface area contributed by atoms with E-state index < -0.39 is 137 Å². The number of halogens is 1. The number of esters is 1. The Morgan fingerprint density at radius 2 is 1.77 bits per heavy atom. The summed E-state index contributed by atoms with van der Waals surface area (Å²) in [6.45, 7) is 13.3. The van der Waals surface area contributed by atoms with E-state index in [0.29, 0.717) is 30.8 Å². The number of amides is 1. The standard InChI is InChI=1S/C49H76FN5O13S/c1-12-40-48(9,61)38-17-19-49(62,26-56)27-65-47(8,23-28(2)41(30(38)4)51-33(7)57)44(31(5)42(58)32(6)45(60)67-40)68-46-43(59)39(21-29(3)66-46)54(10)20-18-35-25-55(53-52-35)36(24-50)22-34-13-15-37(16-14-34)69(11,63)64/h13-16,25,28-32,36,38-40,43-44,46,56,59,61-62H,12,17-24,26-27H2,1-11H3/t28-,29-,30-,31+,32-,36+,38-,39+,40-,43-,44-,46+,47-,48+,49?/m1/s1. The predicted molar refractivity (Wildman–Crippen MR) is 253 cm³/mol. The molecule has 0 spiro atoms. The number of Topliss-reactive ketones (excluding diaryl/α,β-unsaturated/α-hetero) is 1. The SMILES string of the molecule is CC[C@H]1OC(=O)[C@H](C)C(=O)[C@H](C)[C@@H](O[C@@H]2O[C@H](C)C[C@H](N(C)CCc3cn([C@H](CF)Cc4ccc(S(C)(=O)=O)cc4)nn3)[C@H]2O)[C@@]2(C)C[C@@H](C)C(=NC(C)=O)[C@H](C)[C@@H](CCC(O)(CO)CO2)[C@]1(C)O. The third kappa shape index (κ3) is 13.3. The Morgan fingerprint density at radius 3 is 2.36 bits per heavy atom. The van der Waals surface area contributed by atoms with Gasteiger partial charge in [0.05, 0.1) is 47.7 Å². The summed E-state index contributed by atoms with van der Waals surface area (Å²) in [4.78, 5) is 48.0. The summed E-state index contributed by atoms with van der Waals surface area (Å²) >= 11 is 0. The molecule has 3 aliphatic rings. The van der Waals surface area contributed by atoms with E-state index in [1.165, 1.54) is 30.7 Å². The fourth-order valence-corrected chi connectivity index (χ4v) is 11.3. The van der Waals surface area contributed by atoms with E-state index in [1.807, 2.05) is 32.7 Å². The van der Waals surface area contributed by atoms with E-state index in [4.69, 9.17) is 18.9 Å². The van der Waals surface area contributed by atoms with Gasteiger partial charge < -0.3 is 44.3 Å². The Bertz CT molecular complexity index is 2230. The molecule has 0 saturated carbocycles. The summed E-state index contributed by atoms with van der Waals surface area (Å²) in [6, 6.07) is 5.05. The van der Waals surface area contributed by atoms with Crippen LogP contribution in [-0.4, -0.2) is 165 Å². The molecule has 0 aliphatic carbocycles. The van der Waals surface area contributed by atoms with Gasteiger partial charge in [0.15, 0.2) is 21.9 Å². The topological polar surface area (TPSA) is 249 Å². The molecule has 3 saturated heterocycles. The largest absolute Gasteiger partial charge is 0.459 e. The van der Waals surface area contributed by atoms with E-state index in [1.54, 1.807) is 46.0 Å². The van der Waals surface area contributed by atoms with Gasteiger partial charge in [-0.2, -0.15) is 0 Å². The zero-order valence-corrected chi connectivity index (χ0v) is 42.9. The Balaban J connectivity index is 1.46. The molecular formula is C49H76FN5O13S. The predicted octanol–water partition coefficient (Wildman–Crippen LogP) is 3.65. The van der Waals surface area contributed by atoms with Crippen molar-refractivity contribution in [2.45, 2.75) is 172 Å². The Hall–Kier alpha value is -3.60. The van der Waals surface area contributed by atoms with E-state index in [9.17, 15) is 47.6 Å². The smallest absolute Gasteiger partial charge is 0.316 e. The lowest BCUT2D eigenvalue weighted by Gasteiger charge is -2.48. The lowest BCUT2D eigenvalue weighted by atomic mass is 9.68. The van der Waals surface area contributed by atoms with Crippen molar-refractivity contribution in [1.29, 1.82) is 0 Å². The molecule has 1 unspecified atom stereocenters. The normalized spacial score (nSPS) is 36.6. The van der Waals surface area contributed by atoms with Crippen molar-refractivity contribution in [3.63, 3.8) is 0 Å². The van der Waals surface area contributed by atoms with E-state index in [0.717, 1.165) is 11.8 Å². The molecule has 4 N–H and O–H groups in total. The molecule has 2 bridgehead atoms. The Kier molecular flexibility index (Phi) is 18.7. The summed E-state index contributed by atoms with van der Waals surface area (Å²) in [5, 5.41) is 55.7. The lowest BCUT2D eigenvalue weighted by molar-refractivity contribution is -0.301. The number of ether oxygens (including phenoxy) is 4. The maximum absolute atomic E-state index is 14.6. The van der Waals surface area contributed by atoms with Gasteiger partial charge in [-0.1, -0.05) is 45.0 Å². The summed E-state index contributed by atoms with van der Waals surface area (Å²) in [5.74, 6) is -6.35. The van der Waals surface area contributed by atoms with Crippen molar-refractivity contribution in [2.75, 3.05) is 39.7 Å². The Labute approximate surface area is 406 Å². The quantitative estimate of drug-likeness (QED) is 0.165. The highest BCUT2D eigenvalue weighted by atomic mass is 32.2. The summed E-state index contributed by atoms with van der Waals surface area (Å²) in [7, 11) is -1.55. The van der Waals surface area contributed by atoms with Crippen LogP contribution in [0.5, 0.6) is 0 Å². The number of likely N-dealkylation sites (N-methyl/N-ethyl adjacent to an activating group) is 1. The van der Waals surface area contributed by atoms with Gasteiger partial charge in [-0.25, -0.2) is 22.5 Å². The third-order valence-corrected chi connectivity index (χ3v) is 16.0. The van der Waals surface area contributed by atoms with Gasteiger partial charge in [-0.15, -0.1) is 5.10 Å². The number of aliphatic hydroxyl groups excluding tert-OH is 2. The second-order valence-electron chi connectivity index (χ2n) is 20.6. The molecule has 20 heteroatoms. The fourth-order valence-electron chi connectivity index (χ4n) is 10.7. The van der Waals surface area contributed by atoms with Crippen LogP contribution in [0.4, 0.5) is 4.39 Å². The molecule has 1 amide bonds. The molecule has 3 fully saturated rings. The highest BCUT2D eigenvalue weighted by Gasteiger charge is 2.53. The number of fused-ring (bicyclic) bond motifs is 5. The minimum Gasteiger partial charge on any atom is -0.459 e. The summed E-state index contributed by atoms with van der Waals surface area (Å²) in [5.41, 5.74) is -3.41. The van der Waals surface area contributed by atoms with Gasteiger partial charge >= 0.3 is 5.97 Å². The molecular weight excluding hydrogens is 918 g/mol. The average Bonchev–Trinajstić information content (AvgIpc) is 3.77. The van der Waals surface area contributed by atoms with Crippen molar-refractivity contribution in [3.05, 3.63) is 41.7 Å². The van der Waals surface area contributed by atoms with Crippen LogP contribution in [0.1, 0.15) is 112 Å². The molecule has 15 atom stereocenters. The molecule has 4 heterocycles. The van der Waals surface area contributed by atoms with Crippen LogP contribution >= 0.6 is 0 Å². The number of benzene rings is 1. The highest BCUT2D eigenvalue weighted by molar-refractivity contribution is 7.90. The summed E-state index contributed by atoms with van der Waals surface area (Å²) in [6.07, 6.45) is -1.46. The number of hydrogen-bond acceptors (Lipinski definition) is 16. The van der Waals surface area contributed by atoms with E-state index in [-0.39, 0.29) is 37.0 Å². The number of aliphatic imine (C=N–C) groups is 1. The molecule has 1 aromatic heterocycles. The monoisotopic (exact) mass is 994 g/mol. The average molecular weight is 994 g/mol. The molecule has 69 heavy (non-hydrogen) atoms. The molecule has 1 aromatic carbocycles. The number of sulfone groups is 1. The summed E-state index contributed by atoms with van der Waals surface area (Å²) < 4.78 is 65.5. The van der Waals surface area contributed by atoms with Crippen molar-refractivity contribution in [3.8, 4) is 0 Å². The molecule has 2 aromatic rings. The van der Waals surface area contributed by atoms with Gasteiger partial charge in [0.2, 0.25) is 5.91 Å². The van der Waals surface area contributed by atoms with Crippen molar-refractivity contribution < 1.29 is 66.6 Å². The van der Waals surface area contributed by atoms with Crippen LogP contribution in [0.15, 0.2) is 40.4 Å². The number of aliphatic hydroxyl groups is 4. The first-order chi connectivity index (χ1) is 32.2. The maximum Gasteiger partial charge on any atom is 0.316 e. The van der Waals surface area contributed by atoms with Crippen LogP contribution in [0.3, 0.4) is 0 Å². The third-order valence-electron chi connectivity index (χ3n) is 14.9. The van der Waals surface area contributed by atoms with Gasteiger partial charge in [0, 0.05) is 55.9 Å². The molecule has 3 aliphatic heterocycles. The van der Waals surface area contributed by atoms with Gasteiger partial charge in [0.25, 0.3) is 0 Å². The van der Waals surface area contributed by atoms with Gasteiger partial charge in [-0.05, 0) is 103 Å². The first-order valence-corrected chi connectivity index (χ1v) is 26.0. The van der Waals surface area contributed by atoms with Gasteiger partial charge in [-0.3, -0.25) is 14.4 Å². The highest BCUT2D eigenvalue weighted by Crippen LogP contribution is 2.43. The van der Waals surface area contributed by atoms with Gasteiger partial charge in [0.1, 0.15) is 36.0 Å². The Morgan fingerprint density at radius 1 is 1.10 bits per heavy atom. The number of hydrogen-bond donors (Lipinski definition) is 4. The number of nitrogens with zero attached hydrogens (tertiary/aromatic N) is 5. The molecule has 18 nitrogen and oxygen atoms in total. The second kappa shape index (κ2) is 22.9. The number of carbonyl (C=O) groups is 3. The number of cyclic esters (lactones) is 1.